The Hall–Kier alpha value is -3.67. The van der Waals surface area contributed by atoms with Crippen molar-refractivity contribution < 1.29 is 23.7 Å². The van der Waals surface area contributed by atoms with Gasteiger partial charge < -0.3 is 4.74 Å². The molecule has 11 nitrogen and oxygen atoms in total. The number of nitrogens with zero attached hydrogens (tertiary/aromatic N) is 6. The number of benzene rings is 1. The first-order valence-electron chi connectivity index (χ1n) is 9.84. The molecule has 12 heteroatoms. The number of fused-ring (bicyclic) bond motifs is 1. The van der Waals surface area contributed by atoms with E-state index in [1.165, 1.54) is 34.2 Å². The highest BCUT2D eigenvalue weighted by atomic mass is 32.1. The summed E-state index contributed by atoms with van der Waals surface area (Å²) in [5, 5.41) is 12.1. The summed E-state index contributed by atoms with van der Waals surface area (Å²) in [5.41, 5.74) is 1.15. The second kappa shape index (κ2) is 8.83. The lowest BCUT2D eigenvalue weighted by atomic mass is 10.1. The van der Waals surface area contributed by atoms with E-state index < -0.39 is 18.0 Å². The topological polar surface area (TPSA) is 120 Å². The quantitative estimate of drug-likeness (QED) is 0.610. The number of ether oxygens (including phenoxy) is 1. The van der Waals surface area contributed by atoms with Gasteiger partial charge in [0.2, 0.25) is 5.13 Å². The minimum atomic E-state index is -0.803. The highest BCUT2D eigenvalue weighted by Crippen LogP contribution is 2.20. The number of nitrogens with one attached hydrogen (secondary N) is 1. The van der Waals surface area contributed by atoms with E-state index in [9.17, 15) is 14.4 Å². The summed E-state index contributed by atoms with van der Waals surface area (Å²) in [6.45, 7) is -0.111. The number of amides is 4. The van der Waals surface area contributed by atoms with Crippen molar-refractivity contribution in [1.82, 2.24) is 20.0 Å². The zero-order valence-corrected chi connectivity index (χ0v) is 18.6. The number of carbonyl (C=O) groups excluding carboxylic acids is 3. The van der Waals surface area contributed by atoms with E-state index in [4.69, 9.17) is 4.74 Å². The van der Waals surface area contributed by atoms with E-state index in [0.717, 1.165) is 27.6 Å². The maximum atomic E-state index is 12.5. The number of aromatic nitrogens is 2. The molecule has 1 fully saturated rings. The highest BCUT2D eigenvalue weighted by Gasteiger charge is 2.50. The molecule has 166 valence electrons. The summed E-state index contributed by atoms with van der Waals surface area (Å²) in [4.78, 5) is 43.6. The highest BCUT2D eigenvalue weighted by molar-refractivity contribution is 7.15. The van der Waals surface area contributed by atoms with Crippen molar-refractivity contribution >= 4 is 46.5 Å². The van der Waals surface area contributed by atoms with Crippen LogP contribution in [0.2, 0.25) is 0 Å². The van der Waals surface area contributed by atoms with Gasteiger partial charge in [0.1, 0.15) is 10.8 Å². The molecule has 1 aromatic carbocycles. The van der Waals surface area contributed by atoms with Crippen LogP contribution in [0.25, 0.3) is 0 Å². The van der Waals surface area contributed by atoms with Gasteiger partial charge in [-0.3, -0.25) is 24.7 Å². The minimum Gasteiger partial charge on any atom is -0.497 e. The number of urea groups is 1. The van der Waals surface area contributed by atoms with Gasteiger partial charge in [0.05, 0.1) is 7.11 Å². The third kappa shape index (κ3) is 4.21. The van der Waals surface area contributed by atoms with Crippen molar-refractivity contribution in [3.8, 4) is 5.75 Å². The zero-order chi connectivity index (χ0) is 22.8. The molecule has 0 aliphatic carbocycles. The number of amidine groups is 1. The van der Waals surface area contributed by atoms with Crippen LogP contribution < -0.4 is 10.1 Å². The number of hydrogen-bond acceptors (Lipinski definition) is 8. The Balaban J connectivity index is 1.32. The van der Waals surface area contributed by atoms with E-state index >= 15 is 0 Å². The number of imide groups is 1. The summed E-state index contributed by atoms with van der Waals surface area (Å²) in [7, 11) is 4.58. The van der Waals surface area contributed by atoms with E-state index in [0.29, 0.717) is 17.4 Å². The molecule has 2 aliphatic heterocycles. The second-order valence-corrected chi connectivity index (χ2v) is 8.38. The van der Waals surface area contributed by atoms with Gasteiger partial charge in [-0.05, 0) is 29.1 Å². The number of aliphatic imine (C=N–C) groups is 1. The first-order valence-corrected chi connectivity index (χ1v) is 10.7. The zero-order valence-electron chi connectivity index (χ0n) is 17.8. The number of carbonyl (C=O) groups is 3. The van der Waals surface area contributed by atoms with Gasteiger partial charge in [-0.2, -0.15) is 0 Å². The van der Waals surface area contributed by atoms with Crippen LogP contribution in [0, 0.1) is 0 Å². The van der Waals surface area contributed by atoms with Gasteiger partial charge in [-0.15, -0.1) is 10.2 Å². The van der Waals surface area contributed by atoms with E-state index in [-0.39, 0.29) is 12.5 Å². The van der Waals surface area contributed by atoms with Crippen LogP contribution in [0.4, 0.5) is 9.93 Å². The fourth-order valence-corrected chi connectivity index (χ4v) is 4.20. The molecule has 2 aromatic rings. The second-order valence-electron chi connectivity index (χ2n) is 7.31. The molecule has 4 rings (SSSR count). The molecule has 0 radical (unpaired) electrons. The van der Waals surface area contributed by atoms with Crippen LogP contribution in [0.3, 0.4) is 0 Å². The standard InChI is InChI=1S/C20H21N7O4S/c1-25-17-16(18(29)26(2)20(25)30)27(11-21-17)10-14(28)22-19-24-23-15(32-19)9-6-12-4-7-13(31-3)8-5-12/h4-5,7-8,11,16H,6,9-10H2,1-3H3/p+1. The largest absolute Gasteiger partial charge is 0.497 e. The van der Waals surface area contributed by atoms with E-state index in [1.807, 2.05) is 24.3 Å². The van der Waals surface area contributed by atoms with Gasteiger partial charge in [-0.25, -0.2) is 9.37 Å². The summed E-state index contributed by atoms with van der Waals surface area (Å²) in [5.74, 6) is 0.334. The number of methoxy groups -OCH3 is 1. The van der Waals surface area contributed by atoms with Crippen LogP contribution in [0.15, 0.2) is 29.3 Å². The first kappa shape index (κ1) is 21.6. The summed E-state index contributed by atoms with van der Waals surface area (Å²) in [6.07, 6.45) is 2.89. The number of rotatable bonds is 7. The Labute approximate surface area is 188 Å². The molecule has 0 spiro atoms. The van der Waals surface area contributed by atoms with Crippen LogP contribution in [-0.2, 0) is 22.4 Å². The lowest BCUT2D eigenvalue weighted by Crippen LogP contribution is -2.61. The molecule has 1 unspecified atom stereocenters. The molecule has 2 aliphatic rings. The third-order valence-corrected chi connectivity index (χ3v) is 6.12. The molecule has 3 heterocycles. The fourth-order valence-electron chi connectivity index (χ4n) is 3.45. The fraction of sp³-hybridized carbons (Fsp3) is 0.350. The molecule has 1 atom stereocenters. The van der Waals surface area contributed by atoms with Crippen molar-refractivity contribution in [2.75, 3.05) is 33.1 Å². The molecular weight excluding hydrogens is 434 g/mol. The Morgan fingerprint density at radius 2 is 1.91 bits per heavy atom. The molecule has 32 heavy (non-hydrogen) atoms. The van der Waals surface area contributed by atoms with E-state index in [2.05, 4.69) is 20.5 Å². The van der Waals surface area contributed by atoms with Crippen LogP contribution in [0.1, 0.15) is 10.6 Å². The van der Waals surface area contributed by atoms with Crippen molar-refractivity contribution in [3.05, 3.63) is 34.8 Å². The number of anilines is 1. The Bertz CT molecular complexity index is 1130. The SMILES string of the molecule is COc1ccc(CCc2nnc(NC(=O)C[N+]3=CN=C4C3C(=O)N(C)C(=O)N4C)s2)cc1. The summed E-state index contributed by atoms with van der Waals surface area (Å²) in [6, 6.07) is 6.56. The molecular formula is C20H22N7O4S+. The molecule has 1 saturated heterocycles. The van der Waals surface area contributed by atoms with Crippen LogP contribution in [0.5, 0.6) is 5.75 Å². The van der Waals surface area contributed by atoms with Crippen molar-refractivity contribution in [2.45, 2.75) is 18.9 Å². The van der Waals surface area contributed by atoms with Crippen LogP contribution >= 0.6 is 11.3 Å². The molecule has 4 amide bonds. The monoisotopic (exact) mass is 456 g/mol. The Kier molecular flexibility index (Phi) is 5.95. The third-order valence-electron chi connectivity index (χ3n) is 5.22. The van der Waals surface area contributed by atoms with Crippen molar-refractivity contribution in [2.24, 2.45) is 4.99 Å². The average Bonchev–Trinajstić information content (AvgIpc) is 3.42. The Morgan fingerprint density at radius 3 is 2.62 bits per heavy atom. The van der Waals surface area contributed by atoms with Gasteiger partial charge >= 0.3 is 6.03 Å². The lowest BCUT2D eigenvalue weighted by Gasteiger charge is -2.30. The molecule has 1 aromatic heterocycles. The average molecular weight is 457 g/mol. The normalized spacial score (nSPS) is 17.8. The van der Waals surface area contributed by atoms with Crippen molar-refractivity contribution in [3.63, 3.8) is 0 Å². The number of aryl methyl sites for hydroxylation is 2. The predicted molar refractivity (Wildman–Crippen MR) is 117 cm³/mol. The van der Waals surface area contributed by atoms with Gasteiger partial charge in [0.25, 0.3) is 30.0 Å². The maximum Gasteiger partial charge on any atom is 0.333 e. The lowest BCUT2D eigenvalue weighted by molar-refractivity contribution is -0.519. The predicted octanol–water partition coefficient (Wildman–Crippen LogP) is 0.616. The van der Waals surface area contributed by atoms with Gasteiger partial charge in [0, 0.05) is 20.5 Å². The van der Waals surface area contributed by atoms with Gasteiger partial charge in [-0.1, -0.05) is 23.5 Å². The smallest absolute Gasteiger partial charge is 0.333 e. The molecule has 0 saturated carbocycles. The Morgan fingerprint density at radius 1 is 1.16 bits per heavy atom. The van der Waals surface area contributed by atoms with Crippen LogP contribution in [-0.4, -0.2) is 88.4 Å². The summed E-state index contributed by atoms with van der Waals surface area (Å²) < 4.78 is 6.66. The maximum absolute atomic E-state index is 12.5. The van der Waals surface area contributed by atoms with E-state index in [1.54, 1.807) is 14.2 Å². The number of likely N-dealkylation sites (N-methyl/N-ethyl adjacent to an activating group) is 2. The van der Waals surface area contributed by atoms with Gasteiger partial charge in [0.15, 0.2) is 6.54 Å². The first-order chi connectivity index (χ1) is 15.4. The molecule has 1 N–H and O–H groups in total. The summed E-state index contributed by atoms with van der Waals surface area (Å²) >= 11 is 1.31. The molecule has 0 bridgehead atoms. The minimum absolute atomic E-state index is 0.111. The number of hydrogen-bond donors (Lipinski definition) is 1. The van der Waals surface area contributed by atoms with Crippen molar-refractivity contribution in [1.29, 1.82) is 0 Å².